The molecule has 0 saturated heterocycles. The molecule has 1 aliphatic carbocycles. The highest BCUT2D eigenvalue weighted by molar-refractivity contribution is 7.92. The summed E-state index contributed by atoms with van der Waals surface area (Å²) in [5, 5.41) is 3.31. The minimum absolute atomic E-state index is 0.287. The smallest absolute Gasteiger partial charge is 0.263 e. The summed E-state index contributed by atoms with van der Waals surface area (Å²) in [6.07, 6.45) is 4.02. The Morgan fingerprint density at radius 2 is 1.91 bits per heavy atom. The van der Waals surface area contributed by atoms with Crippen LogP contribution in [0.2, 0.25) is 0 Å². The van der Waals surface area contributed by atoms with Crippen LogP contribution >= 0.6 is 0 Å². The Labute approximate surface area is 130 Å². The number of anilines is 2. The van der Waals surface area contributed by atoms with E-state index in [1.807, 2.05) is 19.1 Å². The van der Waals surface area contributed by atoms with Crippen molar-refractivity contribution < 1.29 is 8.42 Å². The lowest BCUT2D eigenvalue weighted by Gasteiger charge is -2.11. The number of hydrogen-bond donors (Lipinski definition) is 2. The summed E-state index contributed by atoms with van der Waals surface area (Å²) >= 11 is 0. The SMILES string of the molecule is Cc1ccc(C)c(S(=O)(=O)Nc2ccc(NC3CC3)cn2)c1. The fourth-order valence-corrected chi connectivity index (χ4v) is 3.53. The van der Waals surface area contributed by atoms with Crippen LogP contribution in [-0.2, 0) is 10.0 Å². The molecular weight excluding hydrogens is 298 g/mol. The van der Waals surface area contributed by atoms with Crippen LogP contribution in [0.5, 0.6) is 0 Å². The molecule has 1 aromatic heterocycles. The molecule has 3 rings (SSSR count). The van der Waals surface area contributed by atoms with Crippen LogP contribution < -0.4 is 10.0 Å². The van der Waals surface area contributed by atoms with Gasteiger partial charge in [0.15, 0.2) is 0 Å². The quantitative estimate of drug-likeness (QED) is 0.889. The lowest BCUT2D eigenvalue weighted by molar-refractivity contribution is 0.600. The number of nitrogens with zero attached hydrogens (tertiary/aromatic N) is 1. The van der Waals surface area contributed by atoms with Gasteiger partial charge in [0, 0.05) is 6.04 Å². The van der Waals surface area contributed by atoms with Gasteiger partial charge in [-0.05, 0) is 56.0 Å². The number of pyridine rings is 1. The van der Waals surface area contributed by atoms with Gasteiger partial charge in [0.2, 0.25) is 0 Å². The Kier molecular flexibility index (Phi) is 3.78. The van der Waals surface area contributed by atoms with Gasteiger partial charge in [-0.3, -0.25) is 4.72 Å². The molecule has 1 aliphatic rings. The monoisotopic (exact) mass is 317 g/mol. The number of rotatable bonds is 5. The van der Waals surface area contributed by atoms with Crippen molar-refractivity contribution in [1.82, 2.24) is 4.98 Å². The normalized spacial score (nSPS) is 14.6. The summed E-state index contributed by atoms with van der Waals surface area (Å²) in [6, 6.07) is 9.42. The molecule has 0 bridgehead atoms. The number of aromatic nitrogens is 1. The molecule has 0 spiro atoms. The standard InChI is InChI=1S/C16H19N3O2S/c1-11-3-4-12(2)15(9-11)22(20,21)19-16-8-7-14(10-17-16)18-13-5-6-13/h3-4,7-10,13,18H,5-6H2,1-2H3,(H,17,19). The van der Waals surface area contributed by atoms with E-state index in [4.69, 9.17) is 0 Å². The van der Waals surface area contributed by atoms with Gasteiger partial charge in [0.25, 0.3) is 10.0 Å². The van der Waals surface area contributed by atoms with Crippen molar-refractivity contribution >= 4 is 21.5 Å². The summed E-state index contributed by atoms with van der Waals surface area (Å²) in [5.74, 6) is 0.322. The number of hydrogen-bond acceptors (Lipinski definition) is 4. The summed E-state index contributed by atoms with van der Waals surface area (Å²) in [7, 11) is -3.62. The third-order valence-corrected chi connectivity index (χ3v) is 5.08. The predicted molar refractivity (Wildman–Crippen MR) is 87.6 cm³/mol. The second kappa shape index (κ2) is 5.61. The van der Waals surface area contributed by atoms with Crippen molar-refractivity contribution in [3.8, 4) is 0 Å². The van der Waals surface area contributed by atoms with Gasteiger partial charge in [-0.15, -0.1) is 0 Å². The molecule has 2 N–H and O–H groups in total. The van der Waals surface area contributed by atoms with Crippen LogP contribution in [0.4, 0.5) is 11.5 Å². The molecule has 2 aromatic rings. The zero-order valence-electron chi connectivity index (χ0n) is 12.6. The second-order valence-corrected chi connectivity index (χ2v) is 7.38. The average molecular weight is 317 g/mol. The molecule has 116 valence electrons. The average Bonchev–Trinajstić information content (AvgIpc) is 3.27. The van der Waals surface area contributed by atoms with E-state index in [1.54, 1.807) is 31.3 Å². The molecule has 5 nitrogen and oxygen atoms in total. The first-order valence-electron chi connectivity index (χ1n) is 7.27. The number of nitrogens with one attached hydrogen (secondary N) is 2. The van der Waals surface area contributed by atoms with E-state index in [1.165, 1.54) is 12.8 Å². The van der Waals surface area contributed by atoms with Crippen LogP contribution in [-0.4, -0.2) is 19.4 Å². The minimum atomic E-state index is -3.62. The molecule has 22 heavy (non-hydrogen) atoms. The first-order chi connectivity index (χ1) is 10.4. The second-order valence-electron chi connectivity index (χ2n) is 5.73. The molecule has 1 saturated carbocycles. The van der Waals surface area contributed by atoms with E-state index in [0.717, 1.165) is 11.3 Å². The fourth-order valence-electron chi connectivity index (χ4n) is 2.19. The predicted octanol–water partition coefficient (Wildman–Crippen LogP) is 3.07. The number of benzene rings is 1. The van der Waals surface area contributed by atoms with Gasteiger partial charge in [0.05, 0.1) is 16.8 Å². The summed E-state index contributed by atoms with van der Waals surface area (Å²) in [5.41, 5.74) is 2.53. The molecule has 0 radical (unpaired) electrons. The highest BCUT2D eigenvalue weighted by Crippen LogP contribution is 2.25. The molecule has 1 heterocycles. The molecule has 1 aromatic carbocycles. The van der Waals surface area contributed by atoms with E-state index in [-0.39, 0.29) is 4.90 Å². The number of sulfonamides is 1. The first-order valence-corrected chi connectivity index (χ1v) is 8.75. The van der Waals surface area contributed by atoms with Crippen molar-refractivity contribution in [2.24, 2.45) is 0 Å². The maximum absolute atomic E-state index is 12.5. The molecular formula is C16H19N3O2S. The summed E-state index contributed by atoms with van der Waals surface area (Å²) in [6.45, 7) is 3.65. The van der Waals surface area contributed by atoms with Gasteiger partial charge in [-0.25, -0.2) is 13.4 Å². The van der Waals surface area contributed by atoms with Crippen LogP contribution in [0.1, 0.15) is 24.0 Å². The Balaban J connectivity index is 1.79. The molecule has 0 amide bonds. The summed E-state index contributed by atoms with van der Waals surface area (Å²) in [4.78, 5) is 4.46. The Morgan fingerprint density at radius 3 is 2.55 bits per heavy atom. The highest BCUT2D eigenvalue weighted by Gasteiger charge is 2.21. The molecule has 0 unspecified atom stereocenters. The Hall–Kier alpha value is -2.08. The topological polar surface area (TPSA) is 71.1 Å². The van der Waals surface area contributed by atoms with Crippen molar-refractivity contribution in [1.29, 1.82) is 0 Å². The fraction of sp³-hybridized carbons (Fsp3) is 0.312. The van der Waals surface area contributed by atoms with Gasteiger partial charge in [-0.1, -0.05) is 12.1 Å². The van der Waals surface area contributed by atoms with Crippen molar-refractivity contribution in [3.05, 3.63) is 47.7 Å². The summed E-state index contributed by atoms with van der Waals surface area (Å²) < 4.78 is 27.5. The number of aryl methyl sites for hydroxylation is 2. The molecule has 0 aliphatic heterocycles. The zero-order valence-corrected chi connectivity index (χ0v) is 13.4. The zero-order chi connectivity index (χ0) is 15.7. The van der Waals surface area contributed by atoms with E-state index in [0.29, 0.717) is 17.4 Å². The van der Waals surface area contributed by atoms with E-state index in [9.17, 15) is 8.42 Å². The Bertz CT molecular complexity index is 782. The molecule has 6 heteroatoms. The van der Waals surface area contributed by atoms with E-state index < -0.39 is 10.0 Å². The van der Waals surface area contributed by atoms with Gasteiger partial charge < -0.3 is 5.32 Å². The van der Waals surface area contributed by atoms with Gasteiger partial charge in [-0.2, -0.15) is 0 Å². The highest BCUT2D eigenvalue weighted by atomic mass is 32.2. The van der Waals surface area contributed by atoms with E-state index in [2.05, 4.69) is 15.0 Å². The molecule has 1 fully saturated rings. The van der Waals surface area contributed by atoms with Gasteiger partial charge in [0.1, 0.15) is 5.82 Å². The van der Waals surface area contributed by atoms with Crippen LogP contribution in [0.25, 0.3) is 0 Å². The van der Waals surface area contributed by atoms with Crippen molar-refractivity contribution in [2.45, 2.75) is 37.6 Å². The van der Waals surface area contributed by atoms with Crippen LogP contribution in [0, 0.1) is 13.8 Å². The van der Waals surface area contributed by atoms with Crippen molar-refractivity contribution in [2.75, 3.05) is 10.0 Å². The first kappa shape index (κ1) is 14.8. The maximum Gasteiger partial charge on any atom is 0.263 e. The maximum atomic E-state index is 12.5. The van der Waals surface area contributed by atoms with Gasteiger partial charge >= 0.3 is 0 Å². The lowest BCUT2D eigenvalue weighted by Crippen LogP contribution is -2.15. The largest absolute Gasteiger partial charge is 0.381 e. The Morgan fingerprint density at radius 1 is 1.14 bits per heavy atom. The van der Waals surface area contributed by atoms with Crippen LogP contribution in [0.3, 0.4) is 0 Å². The lowest BCUT2D eigenvalue weighted by atomic mass is 10.2. The minimum Gasteiger partial charge on any atom is -0.381 e. The van der Waals surface area contributed by atoms with E-state index >= 15 is 0 Å². The van der Waals surface area contributed by atoms with Crippen LogP contribution in [0.15, 0.2) is 41.4 Å². The third kappa shape index (κ3) is 3.39. The third-order valence-electron chi connectivity index (χ3n) is 3.58. The van der Waals surface area contributed by atoms with Crippen molar-refractivity contribution in [3.63, 3.8) is 0 Å². The molecule has 0 atom stereocenters.